The van der Waals surface area contributed by atoms with Crippen LogP contribution in [-0.4, -0.2) is 39.5 Å². The summed E-state index contributed by atoms with van der Waals surface area (Å²) in [5, 5.41) is 10.9. The molecule has 1 aromatic carbocycles. The van der Waals surface area contributed by atoms with Gasteiger partial charge in [0.2, 0.25) is 10.0 Å². The van der Waals surface area contributed by atoms with E-state index in [1.165, 1.54) is 17.0 Å². The van der Waals surface area contributed by atoms with E-state index >= 15 is 0 Å². The van der Waals surface area contributed by atoms with Gasteiger partial charge in [-0.1, -0.05) is 6.07 Å². The van der Waals surface area contributed by atoms with Gasteiger partial charge in [0, 0.05) is 24.6 Å². The molecule has 0 heterocycles. The fraction of sp³-hybridized carbons (Fsp3) is 0.571. The summed E-state index contributed by atoms with van der Waals surface area (Å²) in [5.74, 6) is 0. The van der Waals surface area contributed by atoms with Crippen molar-refractivity contribution in [3.8, 4) is 0 Å². The largest absolute Gasteiger partial charge is 0.335 e. The van der Waals surface area contributed by atoms with E-state index in [-0.39, 0.29) is 10.6 Å². The van der Waals surface area contributed by atoms with Crippen molar-refractivity contribution in [3.05, 3.63) is 33.9 Å². The van der Waals surface area contributed by atoms with Crippen LogP contribution in [0.15, 0.2) is 23.1 Å². The number of hydrogen-bond donors (Lipinski definition) is 2. The normalized spacial score (nSPS) is 11.8. The first-order valence-electron chi connectivity index (χ1n) is 7.40. The highest BCUT2D eigenvalue weighted by molar-refractivity contribution is 7.89. The van der Waals surface area contributed by atoms with E-state index in [1.54, 1.807) is 6.92 Å². The van der Waals surface area contributed by atoms with Gasteiger partial charge in [-0.15, -0.1) is 0 Å². The van der Waals surface area contributed by atoms with Crippen LogP contribution >= 0.6 is 0 Å². The standard InChI is InChI=1S/C14H23N3O4S/c1-4-16(5-2)10-6-9-15-22(20,21)13-8-7-12(3)14(11-13)17(18)19/h7-8,11,15H,4-6,9-10H2,1-3H3/p+1. The second-order valence-electron chi connectivity index (χ2n) is 5.16. The Morgan fingerprint density at radius 1 is 1.27 bits per heavy atom. The summed E-state index contributed by atoms with van der Waals surface area (Å²) in [6.45, 7) is 9.00. The van der Waals surface area contributed by atoms with Gasteiger partial charge in [-0.05, 0) is 26.8 Å². The maximum absolute atomic E-state index is 12.2. The molecular weight excluding hydrogens is 306 g/mol. The van der Waals surface area contributed by atoms with E-state index in [2.05, 4.69) is 18.6 Å². The molecule has 0 saturated heterocycles. The third-order valence-electron chi connectivity index (χ3n) is 3.69. The van der Waals surface area contributed by atoms with Crippen LogP contribution in [0.2, 0.25) is 0 Å². The van der Waals surface area contributed by atoms with Crippen LogP contribution < -0.4 is 9.62 Å². The topological polar surface area (TPSA) is 93.8 Å². The van der Waals surface area contributed by atoms with E-state index in [1.807, 2.05) is 0 Å². The summed E-state index contributed by atoms with van der Waals surface area (Å²) >= 11 is 0. The van der Waals surface area contributed by atoms with E-state index in [9.17, 15) is 18.5 Å². The van der Waals surface area contributed by atoms with Crippen LogP contribution in [0, 0.1) is 17.0 Å². The molecular formula is C14H24N3O4S+. The predicted octanol–water partition coefficient (Wildman–Crippen LogP) is 0.496. The molecule has 0 unspecified atom stereocenters. The first kappa shape index (κ1) is 18.5. The highest BCUT2D eigenvalue weighted by Crippen LogP contribution is 2.21. The van der Waals surface area contributed by atoms with Crippen molar-refractivity contribution in [2.75, 3.05) is 26.2 Å². The van der Waals surface area contributed by atoms with Gasteiger partial charge in [-0.25, -0.2) is 13.1 Å². The average molecular weight is 330 g/mol. The summed E-state index contributed by atoms with van der Waals surface area (Å²) in [6.07, 6.45) is 0.726. The Bertz CT molecular complexity index is 613. The molecule has 8 heteroatoms. The Morgan fingerprint density at radius 3 is 2.45 bits per heavy atom. The van der Waals surface area contributed by atoms with E-state index in [0.29, 0.717) is 12.1 Å². The summed E-state index contributed by atoms with van der Waals surface area (Å²) in [6, 6.07) is 3.94. The molecule has 0 saturated carbocycles. The molecule has 0 atom stereocenters. The van der Waals surface area contributed by atoms with Gasteiger partial charge in [0.1, 0.15) is 0 Å². The van der Waals surface area contributed by atoms with Crippen LogP contribution in [0.3, 0.4) is 0 Å². The van der Waals surface area contributed by atoms with Gasteiger partial charge in [0.25, 0.3) is 5.69 Å². The van der Waals surface area contributed by atoms with Crippen molar-refractivity contribution in [2.24, 2.45) is 0 Å². The zero-order chi connectivity index (χ0) is 16.8. The van der Waals surface area contributed by atoms with Crippen molar-refractivity contribution in [1.82, 2.24) is 4.72 Å². The van der Waals surface area contributed by atoms with Gasteiger partial charge in [-0.2, -0.15) is 0 Å². The summed E-state index contributed by atoms with van der Waals surface area (Å²) in [5.41, 5.74) is 0.254. The highest BCUT2D eigenvalue weighted by Gasteiger charge is 2.19. The lowest BCUT2D eigenvalue weighted by Crippen LogP contribution is -3.11. The summed E-state index contributed by atoms with van der Waals surface area (Å²) in [7, 11) is -3.71. The quantitative estimate of drug-likeness (QED) is 0.392. The van der Waals surface area contributed by atoms with E-state index < -0.39 is 14.9 Å². The Kier molecular flexibility index (Phi) is 6.92. The van der Waals surface area contributed by atoms with Crippen LogP contribution in [0.25, 0.3) is 0 Å². The Hall–Kier alpha value is -1.51. The SMILES string of the molecule is CC[NH+](CC)CCCNS(=O)(=O)c1ccc(C)c([N+](=O)[O-])c1. The molecule has 124 valence electrons. The molecule has 0 aliphatic carbocycles. The Labute approximate surface area is 131 Å². The van der Waals surface area contributed by atoms with Crippen molar-refractivity contribution in [1.29, 1.82) is 0 Å². The molecule has 0 aliphatic heterocycles. The average Bonchev–Trinajstić information content (AvgIpc) is 2.47. The second-order valence-corrected chi connectivity index (χ2v) is 6.93. The van der Waals surface area contributed by atoms with Gasteiger partial charge in [0.15, 0.2) is 0 Å². The Balaban J connectivity index is 2.71. The number of nitro benzene ring substituents is 1. The minimum absolute atomic E-state index is 0.0695. The summed E-state index contributed by atoms with van der Waals surface area (Å²) < 4.78 is 26.8. The van der Waals surface area contributed by atoms with Crippen LogP contribution in [0.5, 0.6) is 0 Å². The molecule has 1 rings (SSSR count). The minimum atomic E-state index is -3.71. The number of aryl methyl sites for hydroxylation is 1. The van der Waals surface area contributed by atoms with Gasteiger partial charge in [0.05, 0.1) is 29.5 Å². The van der Waals surface area contributed by atoms with Gasteiger partial charge < -0.3 is 4.90 Å². The summed E-state index contributed by atoms with van der Waals surface area (Å²) in [4.78, 5) is 11.7. The zero-order valence-electron chi connectivity index (χ0n) is 13.3. The van der Waals surface area contributed by atoms with Crippen molar-refractivity contribution in [3.63, 3.8) is 0 Å². The second kappa shape index (κ2) is 8.21. The van der Waals surface area contributed by atoms with Crippen molar-refractivity contribution < 1.29 is 18.2 Å². The molecule has 0 spiro atoms. The maximum atomic E-state index is 12.2. The first-order chi connectivity index (χ1) is 10.3. The third kappa shape index (κ3) is 5.04. The fourth-order valence-corrected chi connectivity index (χ4v) is 3.28. The lowest BCUT2D eigenvalue weighted by atomic mass is 10.2. The number of nitro groups is 1. The predicted molar refractivity (Wildman–Crippen MR) is 84.6 cm³/mol. The molecule has 22 heavy (non-hydrogen) atoms. The molecule has 0 radical (unpaired) electrons. The molecule has 1 aromatic rings. The molecule has 0 amide bonds. The van der Waals surface area contributed by atoms with Gasteiger partial charge in [-0.3, -0.25) is 10.1 Å². The van der Waals surface area contributed by atoms with E-state index in [0.717, 1.165) is 32.1 Å². The van der Waals surface area contributed by atoms with Crippen LogP contribution in [-0.2, 0) is 10.0 Å². The maximum Gasteiger partial charge on any atom is 0.273 e. The minimum Gasteiger partial charge on any atom is -0.335 e. The number of hydrogen-bond acceptors (Lipinski definition) is 4. The van der Waals surface area contributed by atoms with Crippen molar-refractivity contribution in [2.45, 2.75) is 32.1 Å². The number of quaternary nitrogens is 1. The number of sulfonamides is 1. The van der Waals surface area contributed by atoms with Crippen molar-refractivity contribution >= 4 is 15.7 Å². The van der Waals surface area contributed by atoms with Crippen LogP contribution in [0.1, 0.15) is 25.8 Å². The molecule has 0 bridgehead atoms. The zero-order valence-corrected chi connectivity index (χ0v) is 14.1. The molecule has 0 aliphatic rings. The molecule has 2 N–H and O–H groups in total. The first-order valence-corrected chi connectivity index (χ1v) is 8.88. The number of nitrogens with one attached hydrogen (secondary N) is 2. The third-order valence-corrected chi connectivity index (χ3v) is 5.15. The smallest absolute Gasteiger partial charge is 0.273 e. The molecule has 0 fully saturated rings. The molecule has 0 aromatic heterocycles. The number of rotatable bonds is 9. The number of benzene rings is 1. The lowest BCUT2D eigenvalue weighted by Gasteiger charge is -2.15. The Morgan fingerprint density at radius 2 is 1.91 bits per heavy atom. The lowest BCUT2D eigenvalue weighted by molar-refractivity contribution is -0.896. The fourth-order valence-electron chi connectivity index (χ4n) is 2.18. The highest BCUT2D eigenvalue weighted by atomic mass is 32.2. The monoisotopic (exact) mass is 330 g/mol. The number of nitrogens with zero attached hydrogens (tertiary/aromatic N) is 1. The van der Waals surface area contributed by atoms with Gasteiger partial charge >= 0.3 is 0 Å². The van der Waals surface area contributed by atoms with E-state index in [4.69, 9.17) is 0 Å². The van der Waals surface area contributed by atoms with Crippen LogP contribution in [0.4, 0.5) is 5.69 Å². The molecule has 7 nitrogen and oxygen atoms in total.